The monoisotopic (exact) mass is 367 g/mol. The number of hydrogen-bond acceptors (Lipinski definition) is 0. The molecule has 0 aliphatic rings. The minimum Gasteiger partial charge on any atom is -0.358 e. The normalized spacial score (nSPS) is 8.67. The maximum absolute atomic E-state index is 2.30. The van der Waals surface area contributed by atoms with E-state index < -0.39 is 0 Å². The molecule has 0 fully saturated rings. The third-order valence-electron chi connectivity index (χ3n) is 2.44. The first kappa shape index (κ1) is 17.1. The van der Waals surface area contributed by atoms with Gasteiger partial charge >= 0.3 is 0 Å². The smallest absolute Gasteiger partial charge is 0 e. The summed E-state index contributed by atoms with van der Waals surface area (Å²) in [6.07, 6.45) is 1.13. The van der Waals surface area contributed by atoms with E-state index in [9.17, 15) is 0 Å². The second-order valence-corrected chi connectivity index (χ2v) is 3.29. The van der Waals surface area contributed by atoms with Crippen LogP contribution in [0.5, 0.6) is 0 Å². The number of hydrogen-bond donors (Lipinski definition) is 0. The van der Waals surface area contributed by atoms with Crippen molar-refractivity contribution in [2.45, 2.75) is 20.3 Å². The van der Waals surface area contributed by atoms with Crippen LogP contribution in [0.3, 0.4) is 0 Å². The number of benzene rings is 1. The Kier molecular flexibility index (Phi) is 8.04. The third-order valence-corrected chi connectivity index (χ3v) is 2.44. The first-order valence-corrected chi connectivity index (χ1v) is 4.46. The molecule has 0 nitrogen and oxygen atoms in total. The minimum atomic E-state index is 0. The topological polar surface area (TPSA) is 0 Å². The zero-order valence-corrected chi connectivity index (χ0v) is 13.7. The average molecular weight is 366 g/mol. The molecule has 0 spiro atoms. The molecule has 82 valence electrons. The molecule has 15 heavy (non-hydrogen) atoms. The molecule has 0 saturated carbocycles. The van der Waals surface area contributed by atoms with Gasteiger partial charge in [0, 0.05) is 25.8 Å². The molecule has 0 heterocycles. The summed E-state index contributed by atoms with van der Waals surface area (Å²) in [6.45, 7) is 4.37. The Bertz CT molecular complexity index is 399. The summed E-state index contributed by atoms with van der Waals surface area (Å²) in [6, 6.07) is 11.0. The molecule has 0 bridgehead atoms. The molecule has 0 amide bonds. The molecule has 2 aromatic rings. The van der Waals surface area contributed by atoms with Crippen molar-refractivity contribution >= 4 is 10.8 Å². The van der Waals surface area contributed by atoms with Crippen molar-refractivity contribution in [3.8, 4) is 0 Å². The van der Waals surface area contributed by atoms with E-state index >= 15 is 0 Å². The predicted molar refractivity (Wildman–Crippen MR) is 66.5 cm³/mol. The molecule has 0 unspecified atom stereocenters. The Labute approximate surface area is 113 Å². The molecule has 0 aliphatic heterocycles. The van der Waals surface area contributed by atoms with E-state index in [0.717, 1.165) is 6.42 Å². The van der Waals surface area contributed by atoms with E-state index in [-0.39, 0.29) is 40.7 Å². The van der Waals surface area contributed by atoms with Crippen molar-refractivity contribution in [3.63, 3.8) is 0 Å². The average Bonchev–Trinajstić information content (AvgIpc) is 2.49. The van der Waals surface area contributed by atoms with Gasteiger partial charge in [-0.05, 0) is 13.3 Å². The van der Waals surface area contributed by atoms with Crippen LogP contribution in [0.2, 0.25) is 0 Å². The molecule has 0 radical (unpaired) electrons. The van der Waals surface area contributed by atoms with Crippen LogP contribution in [0.1, 0.15) is 18.1 Å². The fourth-order valence-corrected chi connectivity index (χ4v) is 1.66. The van der Waals surface area contributed by atoms with Crippen molar-refractivity contribution in [1.82, 2.24) is 0 Å². The summed E-state index contributed by atoms with van der Waals surface area (Å²) in [7, 11) is 0. The molecule has 2 aromatic carbocycles. The summed E-state index contributed by atoms with van der Waals surface area (Å²) in [5.74, 6) is 0. The van der Waals surface area contributed by atoms with Gasteiger partial charge in [0.25, 0.3) is 0 Å². The Morgan fingerprint density at radius 3 is 2.40 bits per heavy atom. The maximum atomic E-state index is 2.30. The molecule has 0 N–H and O–H groups in total. The second-order valence-electron chi connectivity index (χ2n) is 3.29. The maximum Gasteiger partial charge on any atom is 0 e. The predicted octanol–water partition coefficient (Wildman–Crippen LogP) is 4.33. The first-order chi connectivity index (χ1) is 5.81. The zero-order chi connectivity index (χ0) is 8.55. The van der Waals surface area contributed by atoms with Crippen LogP contribution in [0, 0.1) is 21.8 Å². The molecular formula is C14H19Hf-3. The van der Waals surface area contributed by atoms with E-state index in [1.807, 2.05) is 0 Å². The summed E-state index contributed by atoms with van der Waals surface area (Å²) >= 11 is 0. The van der Waals surface area contributed by atoms with E-state index in [1.165, 1.54) is 21.9 Å². The summed E-state index contributed by atoms with van der Waals surface area (Å²) in [4.78, 5) is 0. The fourth-order valence-electron chi connectivity index (χ4n) is 1.66. The van der Waals surface area contributed by atoms with Gasteiger partial charge in [0.05, 0.1) is 0 Å². The van der Waals surface area contributed by atoms with Crippen LogP contribution in [0.25, 0.3) is 10.8 Å². The largest absolute Gasteiger partial charge is 0.358 e. The Balaban J connectivity index is 0. The van der Waals surface area contributed by atoms with Crippen LogP contribution < -0.4 is 0 Å². The van der Waals surface area contributed by atoms with Crippen LogP contribution in [0.4, 0.5) is 0 Å². The summed E-state index contributed by atoms with van der Waals surface area (Å²) < 4.78 is 0. The van der Waals surface area contributed by atoms with Crippen LogP contribution in [-0.2, 0) is 32.3 Å². The van der Waals surface area contributed by atoms with Crippen LogP contribution in [0.15, 0.2) is 30.3 Å². The van der Waals surface area contributed by atoms with Gasteiger partial charge in [0.15, 0.2) is 0 Å². The van der Waals surface area contributed by atoms with Gasteiger partial charge in [-0.3, -0.25) is 0 Å². The van der Waals surface area contributed by atoms with E-state index in [1.54, 1.807) is 0 Å². The van der Waals surface area contributed by atoms with Gasteiger partial charge in [-0.2, -0.15) is 6.07 Å². The number of rotatable bonds is 1. The van der Waals surface area contributed by atoms with Crippen LogP contribution in [-0.4, -0.2) is 0 Å². The minimum absolute atomic E-state index is 0. The molecule has 0 aliphatic carbocycles. The van der Waals surface area contributed by atoms with E-state index in [2.05, 4.69) is 44.2 Å². The third kappa shape index (κ3) is 3.34. The number of fused-ring (bicyclic) bond motifs is 1. The molecule has 1 heteroatoms. The van der Waals surface area contributed by atoms with E-state index in [4.69, 9.17) is 0 Å². The number of aryl methyl sites for hydroxylation is 2. The van der Waals surface area contributed by atoms with Crippen molar-refractivity contribution in [1.29, 1.82) is 0 Å². The van der Waals surface area contributed by atoms with E-state index in [0.29, 0.717) is 0 Å². The summed E-state index contributed by atoms with van der Waals surface area (Å²) in [5.41, 5.74) is 2.83. The molecule has 0 atom stereocenters. The van der Waals surface area contributed by atoms with Crippen molar-refractivity contribution in [3.05, 3.63) is 56.3 Å². The van der Waals surface area contributed by atoms with Gasteiger partial charge < -0.3 is 14.9 Å². The van der Waals surface area contributed by atoms with Gasteiger partial charge in [0.1, 0.15) is 0 Å². The fraction of sp³-hybridized carbons (Fsp3) is 0.214. The Morgan fingerprint density at radius 2 is 1.87 bits per heavy atom. The molecule has 2 rings (SSSR count). The zero-order valence-electron chi connectivity index (χ0n) is 10.1. The Hall–Kier alpha value is -0.300. The standard InChI is InChI=1S/C12H13.2CH3.Hf/c1-3-10-7-11-6-4-5-9(2)12(11)8-10;;;/h4-8H,3H2,1-2H3;2*1H3;/q3*-1;. The van der Waals surface area contributed by atoms with Crippen LogP contribution >= 0.6 is 0 Å². The van der Waals surface area contributed by atoms with Gasteiger partial charge in [-0.15, -0.1) is 34.5 Å². The molecular weight excluding hydrogens is 347 g/mol. The Morgan fingerprint density at radius 1 is 1.20 bits per heavy atom. The van der Waals surface area contributed by atoms with Crippen molar-refractivity contribution in [2.75, 3.05) is 0 Å². The quantitative estimate of drug-likeness (QED) is 0.521. The summed E-state index contributed by atoms with van der Waals surface area (Å²) in [5, 5.41) is 2.79. The second kappa shape index (κ2) is 7.05. The molecule has 0 aromatic heterocycles. The SMILES string of the molecule is CCc1cc2c(C)cccc2[cH-]1.[CH3-].[CH3-].[Hf]. The van der Waals surface area contributed by atoms with Gasteiger partial charge in [-0.25, -0.2) is 0 Å². The van der Waals surface area contributed by atoms with Crippen molar-refractivity contribution in [2.24, 2.45) is 0 Å². The first-order valence-electron chi connectivity index (χ1n) is 4.46. The van der Waals surface area contributed by atoms with Gasteiger partial charge in [-0.1, -0.05) is 18.6 Å². The van der Waals surface area contributed by atoms with Crippen molar-refractivity contribution < 1.29 is 25.8 Å². The molecule has 0 saturated heterocycles. The van der Waals surface area contributed by atoms with Gasteiger partial charge in [0.2, 0.25) is 0 Å².